The second kappa shape index (κ2) is 22.8. The van der Waals surface area contributed by atoms with E-state index in [2.05, 4.69) is 27.5 Å². The largest absolute Gasteiger partial charge is 0.504 e. The number of anilines is 1. The molecule has 414 valence electrons. The Morgan fingerprint density at radius 2 is 1.78 bits per heavy atom. The van der Waals surface area contributed by atoms with Crippen molar-refractivity contribution in [3.63, 3.8) is 0 Å². The van der Waals surface area contributed by atoms with E-state index in [1.807, 2.05) is 52.0 Å². The lowest BCUT2D eigenvalue weighted by molar-refractivity contribution is -0.381. The summed E-state index contributed by atoms with van der Waals surface area (Å²) in [5, 5.41) is 112. The molecular formula is C55H72N4O17. The van der Waals surface area contributed by atoms with E-state index in [9.17, 15) is 55.5 Å². The number of esters is 1. The molecule has 8 rings (SSSR count). The maximum Gasteiger partial charge on any atom is 0.344 e. The number of unbranched alkanes of at least 4 members (excludes halogenated alkanes) is 1. The zero-order valence-corrected chi connectivity index (χ0v) is 43.5. The summed E-state index contributed by atoms with van der Waals surface area (Å²) in [5.41, 5.74) is 1.20. The molecule has 0 amide bonds. The maximum absolute atomic E-state index is 14.4. The van der Waals surface area contributed by atoms with E-state index in [4.69, 9.17) is 34.2 Å². The summed E-state index contributed by atoms with van der Waals surface area (Å²) < 4.78 is 36.8. The molecule has 0 radical (unpaired) electrons. The number of nitrogens with one attached hydrogen (secondary N) is 2. The van der Waals surface area contributed by atoms with E-state index in [1.165, 1.54) is 13.2 Å². The quantitative estimate of drug-likeness (QED) is 0.0322. The Bertz CT molecular complexity index is 2740. The number of phenols is 2. The van der Waals surface area contributed by atoms with Gasteiger partial charge in [0.15, 0.2) is 41.3 Å². The number of aromatic hydroxyl groups is 2. The van der Waals surface area contributed by atoms with Gasteiger partial charge < -0.3 is 90.7 Å². The van der Waals surface area contributed by atoms with Gasteiger partial charge in [0.05, 0.1) is 31.1 Å². The lowest BCUT2D eigenvalue weighted by Crippen LogP contribution is -2.75. The number of aliphatic imine (C=N–C) groups is 1. The third-order valence-corrected chi connectivity index (χ3v) is 16.0. The minimum Gasteiger partial charge on any atom is -0.504 e. The molecule has 0 aromatic heterocycles. The molecule has 4 heterocycles. The number of aryl methyl sites for hydroxylation is 1. The van der Waals surface area contributed by atoms with E-state index in [-0.39, 0.29) is 64.7 Å². The molecule has 5 aliphatic rings. The van der Waals surface area contributed by atoms with Crippen molar-refractivity contribution in [1.82, 2.24) is 5.32 Å². The van der Waals surface area contributed by atoms with E-state index in [0.717, 1.165) is 17.5 Å². The van der Waals surface area contributed by atoms with Crippen molar-refractivity contribution in [1.29, 1.82) is 0 Å². The van der Waals surface area contributed by atoms with Crippen LogP contribution in [-0.4, -0.2) is 146 Å². The zero-order chi connectivity index (χ0) is 54.9. The molecule has 21 heteroatoms. The Hall–Kier alpha value is -6.25. The molecular weight excluding hydrogens is 989 g/mol. The molecule has 3 aromatic rings. The van der Waals surface area contributed by atoms with Crippen LogP contribution >= 0.6 is 0 Å². The van der Waals surface area contributed by atoms with E-state index < -0.39 is 126 Å². The second-order valence-electron chi connectivity index (χ2n) is 20.9. The van der Waals surface area contributed by atoms with Gasteiger partial charge in [-0.15, -0.1) is 0 Å². The SMILES string of the molecule is CCc1cccc(CCOc2c(O)c(OC)c3c(c2O)C(=O)OC(O)C2(CC3)OC3Oc4c(OCN=C(N)NCCCCO)cc(C(=O)O)c5c4C4(CCCC4)C(C#CCC(O)(C3O)C2O)C(C(O)C(C)C)C(C)N5)c1. The second-order valence-corrected chi connectivity index (χ2v) is 20.9. The van der Waals surface area contributed by atoms with Crippen LogP contribution < -0.4 is 35.3 Å². The lowest BCUT2D eigenvalue weighted by atomic mass is 9.61. The molecule has 2 spiro atoms. The van der Waals surface area contributed by atoms with Gasteiger partial charge in [-0.05, 0) is 68.9 Å². The highest BCUT2D eigenvalue weighted by Crippen LogP contribution is 2.61. The molecule has 10 atom stereocenters. The fourth-order valence-corrected chi connectivity index (χ4v) is 12.0. The molecule has 76 heavy (non-hydrogen) atoms. The number of aliphatic hydroxyl groups is 6. The number of aromatic carboxylic acids is 1. The number of guanidine groups is 1. The number of carboxylic acid groups (broad SMARTS) is 1. The van der Waals surface area contributed by atoms with Crippen LogP contribution in [0.1, 0.15) is 122 Å². The topological polar surface area (TPSA) is 334 Å². The summed E-state index contributed by atoms with van der Waals surface area (Å²) in [4.78, 5) is 32.1. The first kappa shape index (κ1) is 56.0. The fraction of sp³-hybridized carbons (Fsp3) is 0.582. The van der Waals surface area contributed by atoms with Gasteiger partial charge in [0, 0.05) is 66.5 Å². The first-order valence-corrected chi connectivity index (χ1v) is 26.1. The maximum atomic E-state index is 14.4. The normalized spacial score (nSPS) is 28.0. The number of nitrogens with two attached hydrogens (primary N) is 1. The van der Waals surface area contributed by atoms with Gasteiger partial charge in [-0.3, -0.25) is 0 Å². The Balaban J connectivity index is 1.26. The van der Waals surface area contributed by atoms with Crippen molar-refractivity contribution < 1.29 is 84.0 Å². The molecule has 13 N–H and O–H groups in total. The number of fused-ring (bicyclic) bond motifs is 3. The number of ether oxygens (including phenoxy) is 6. The summed E-state index contributed by atoms with van der Waals surface area (Å²) in [6.45, 7) is 7.37. The molecule has 1 aliphatic carbocycles. The number of carbonyl (C=O) groups is 2. The van der Waals surface area contributed by atoms with Gasteiger partial charge in [0.2, 0.25) is 24.1 Å². The molecule has 10 unspecified atom stereocenters. The van der Waals surface area contributed by atoms with Gasteiger partial charge in [0.1, 0.15) is 23.4 Å². The molecule has 1 saturated carbocycles. The van der Waals surface area contributed by atoms with Crippen LogP contribution in [-0.2, 0) is 34.2 Å². The number of methoxy groups -OCH3 is 1. The van der Waals surface area contributed by atoms with Crippen LogP contribution in [0.15, 0.2) is 35.3 Å². The summed E-state index contributed by atoms with van der Waals surface area (Å²) in [6.07, 6.45) is -7.45. The number of phenolic OH excluding ortho intramolecular Hbond substituents is 2. The standard InChI is InChI=1S/C55H72N4O17/c1-6-30-13-11-14-31(25-30)17-24-72-45-41(62)37-32(43(71-5)42(45)63)16-21-55(51(69)75-48(37)67)50(68)54(70)20-12-15-34-36(40(61)28(2)3)29(4)59-39-33(47(65)66)26-35(73-27-58-52(56)57-22-9-10-23-60)44(74-49(76-55)46(54)64)38(39)53(34)18-7-8-19-53/h11,13-14,25-26,28-29,34,36,40,46,49-51,59-64,68-70H,6-10,16-24,27H2,1-5H3,(H,65,66)(H3,56,57,58). The van der Waals surface area contributed by atoms with Gasteiger partial charge in [-0.2, -0.15) is 0 Å². The smallest absolute Gasteiger partial charge is 0.344 e. The van der Waals surface area contributed by atoms with Crippen molar-refractivity contribution in [2.75, 3.05) is 38.9 Å². The summed E-state index contributed by atoms with van der Waals surface area (Å²) in [5.74, 6) is -0.813. The highest BCUT2D eigenvalue weighted by Gasteiger charge is 2.67. The average molecular weight is 1060 g/mol. The predicted octanol–water partition coefficient (Wildman–Crippen LogP) is 3.33. The predicted molar refractivity (Wildman–Crippen MR) is 275 cm³/mol. The van der Waals surface area contributed by atoms with Crippen molar-refractivity contribution in [2.45, 2.75) is 152 Å². The van der Waals surface area contributed by atoms with Crippen molar-refractivity contribution >= 4 is 23.6 Å². The number of hydrogen-bond donors (Lipinski definition) is 12. The van der Waals surface area contributed by atoms with Crippen LogP contribution in [0.3, 0.4) is 0 Å². The third-order valence-electron chi connectivity index (χ3n) is 16.0. The lowest BCUT2D eigenvalue weighted by Gasteiger charge is -2.54. The number of nitrogens with zero attached hydrogens (tertiary/aromatic N) is 1. The first-order valence-electron chi connectivity index (χ1n) is 26.1. The number of cyclic esters (lactones) is 1. The van der Waals surface area contributed by atoms with Crippen LogP contribution in [0.2, 0.25) is 0 Å². The van der Waals surface area contributed by atoms with E-state index >= 15 is 0 Å². The molecule has 2 fully saturated rings. The summed E-state index contributed by atoms with van der Waals surface area (Å²) in [7, 11) is 1.21. The Labute approximate surface area is 441 Å². The van der Waals surface area contributed by atoms with Gasteiger partial charge in [-0.1, -0.05) is 69.7 Å². The van der Waals surface area contributed by atoms with Crippen LogP contribution in [0.5, 0.6) is 34.5 Å². The molecule has 21 nitrogen and oxygen atoms in total. The Morgan fingerprint density at radius 3 is 2.46 bits per heavy atom. The minimum atomic E-state index is -2.77. The number of rotatable bonds is 16. The van der Waals surface area contributed by atoms with E-state index in [1.54, 1.807) is 0 Å². The monoisotopic (exact) mass is 1060 g/mol. The highest BCUT2D eigenvalue weighted by molar-refractivity contribution is 5.98. The number of carboxylic acids is 1. The van der Waals surface area contributed by atoms with Crippen LogP contribution in [0.25, 0.3) is 0 Å². The van der Waals surface area contributed by atoms with Crippen molar-refractivity contribution in [2.24, 2.45) is 28.5 Å². The van der Waals surface area contributed by atoms with Crippen molar-refractivity contribution in [3.05, 3.63) is 63.7 Å². The zero-order valence-electron chi connectivity index (χ0n) is 43.5. The number of hydrogen-bond acceptors (Lipinski definition) is 18. The van der Waals surface area contributed by atoms with Crippen molar-refractivity contribution in [3.8, 4) is 46.3 Å². The molecule has 4 aliphatic heterocycles. The van der Waals surface area contributed by atoms with E-state index in [0.29, 0.717) is 51.5 Å². The van der Waals surface area contributed by atoms with Crippen LogP contribution in [0, 0.1) is 29.6 Å². The fourth-order valence-electron chi connectivity index (χ4n) is 12.0. The Morgan fingerprint density at radius 1 is 1.04 bits per heavy atom. The van der Waals surface area contributed by atoms with Crippen LogP contribution in [0.4, 0.5) is 5.69 Å². The Kier molecular flexibility index (Phi) is 16.8. The average Bonchev–Trinajstić information content (AvgIpc) is 3.85. The molecule has 1 saturated heterocycles. The number of carbonyl (C=O) groups excluding carboxylic acids is 1. The van der Waals surface area contributed by atoms with Gasteiger partial charge in [-0.25, -0.2) is 14.6 Å². The highest BCUT2D eigenvalue weighted by atomic mass is 16.7. The molecule has 4 bridgehead atoms. The third kappa shape index (κ3) is 10.1. The molecule has 3 aromatic carbocycles. The minimum absolute atomic E-state index is 0.0148. The van der Waals surface area contributed by atoms with Gasteiger partial charge in [0.25, 0.3) is 0 Å². The van der Waals surface area contributed by atoms with Gasteiger partial charge >= 0.3 is 11.9 Å². The number of aliphatic hydroxyl groups excluding tert-OH is 5. The number of benzene rings is 3. The first-order chi connectivity index (χ1) is 36.3. The summed E-state index contributed by atoms with van der Waals surface area (Å²) >= 11 is 0. The summed E-state index contributed by atoms with van der Waals surface area (Å²) in [6, 6.07) is 8.37.